The third kappa shape index (κ3) is 6.21. The van der Waals surface area contributed by atoms with Gasteiger partial charge in [0, 0.05) is 5.56 Å². The number of benzene rings is 2. The molecule has 2 aromatic carbocycles. The number of imide groups is 1. The van der Waals surface area contributed by atoms with Gasteiger partial charge in [-0.15, -0.1) is 10.2 Å². The molecule has 33 heavy (non-hydrogen) atoms. The fourth-order valence-electron chi connectivity index (χ4n) is 3.72. The fraction of sp³-hybridized carbons (Fsp3) is 0.333. The van der Waals surface area contributed by atoms with Gasteiger partial charge in [0.1, 0.15) is 11.6 Å². The summed E-state index contributed by atoms with van der Waals surface area (Å²) >= 11 is 1.28. The molecule has 2 amide bonds. The van der Waals surface area contributed by atoms with E-state index in [9.17, 15) is 9.59 Å². The van der Waals surface area contributed by atoms with Crippen molar-refractivity contribution in [2.24, 2.45) is 0 Å². The van der Waals surface area contributed by atoms with Gasteiger partial charge in [-0.2, -0.15) is 0 Å². The Hall–Kier alpha value is -3.17. The summed E-state index contributed by atoms with van der Waals surface area (Å²) in [7, 11) is 1.56. The predicted octanol–water partition coefficient (Wildman–Crippen LogP) is 2.98. The van der Waals surface area contributed by atoms with Gasteiger partial charge in [-0.25, -0.2) is 0 Å². The molecule has 0 bridgehead atoms. The first kappa shape index (κ1) is 23.0. The second-order valence-corrected chi connectivity index (χ2v) is 8.79. The first-order valence-corrected chi connectivity index (χ1v) is 11.9. The van der Waals surface area contributed by atoms with E-state index in [1.54, 1.807) is 31.4 Å². The van der Waals surface area contributed by atoms with E-state index in [0.717, 1.165) is 31.0 Å². The third-order valence-electron chi connectivity index (χ3n) is 5.48. The molecule has 0 atom stereocenters. The maximum atomic E-state index is 12.4. The number of hydrogen-bond donors (Lipinski definition) is 1. The molecule has 1 aliphatic heterocycles. The molecular formula is C24H27N5O3S. The van der Waals surface area contributed by atoms with Gasteiger partial charge >= 0.3 is 0 Å². The van der Waals surface area contributed by atoms with Crippen LogP contribution in [0.1, 0.15) is 34.6 Å². The lowest BCUT2D eigenvalue weighted by Crippen LogP contribution is -2.31. The third-order valence-corrected chi connectivity index (χ3v) is 6.44. The topological polar surface area (TPSA) is 89.3 Å². The number of ether oxygens (including phenoxy) is 1. The molecule has 8 nitrogen and oxygen atoms in total. The van der Waals surface area contributed by atoms with Gasteiger partial charge in [-0.1, -0.05) is 42.1 Å². The highest BCUT2D eigenvalue weighted by molar-refractivity contribution is 7.99. The molecule has 0 saturated carbocycles. The fourth-order valence-corrected chi connectivity index (χ4v) is 4.47. The number of methoxy groups -OCH3 is 1. The van der Waals surface area contributed by atoms with Crippen molar-refractivity contribution in [1.82, 2.24) is 25.0 Å². The summed E-state index contributed by atoms with van der Waals surface area (Å²) in [6.07, 6.45) is 2.41. The van der Waals surface area contributed by atoms with Crippen LogP contribution in [0.25, 0.3) is 0 Å². The van der Waals surface area contributed by atoms with Crippen LogP contribution in [-0.4, -0.2) is 57.4 Å². The van der Waals surface area contributed by atoms with E-state index in [1.807, 2.05) is 18.2 Å². The van der Waals surface area contributed by atoms with E-state index in [4.69, 9.17) is 4.74 Å². The molecule has 1 saturated heterocycles. The summed E-state index contributed by atoms with van der Waals surface area (Å²) in [6, 6.07) is 16.7. The van der Waals surface area contributed by atoms with Crippen molar-refractivity contribution >= 4 is 23.6 Å². The molecule has 1 N–H and O–H groups in total. The standard InChI is InChI=1S/C24H27N5O3S/c1-32-20-11-9-19(10-12-20)23(31)25-22(30)17-33-24-27-26-21(16-28-13-5-6-14-28)29(24)15-18-7-3-2-4-8-18/h2-4,7-12H,5-6,13-17H2,1H3,(H,25,30,31). The highest BCUT2D eigenvalue weighted by Crippen LogP contribution is 2.21. The quantitative estimate of drug-likeness (QED) is 0.486. The van der Waals surface area contributed by atoms with Gasteiger partial charge in [-0.05, 0) is 55.8 Å². The summed E-state index contributed by atoms with van der Waals surface area (Å²) < 4.78 is 7.16. The number of aromatic nitrogens is 3. The Bertz CT molecular complexity index is 1080. The van der Waals surface area contributed by atoms with E-state index >= 15 is 0 Å². The normalized spacial score (nSPS) is 13.7. The number of thioether (sulfide) groups is 1. The zero-order valence-electron chi connectivity index (χ0n) is 18.6. The molecule has 1 aliphatic rings. The Kier molecular flexibility index (Phi) is 7.74. The number of nitrogens with zero attached hydrogens (tertiary/aromatic N) is 4. The van der Waals surface area contributed by atoms with E-state index < -0.39 is 5.91 Å². The van der Waals surface area contributed by atoms with Crippen LogP contribution in [0.3, 0.4) is 0 Å². The first-order valence-electron chi connectivity index (χ1n) is 10.9. The van der Waals surface area contributed by atoms with Gasteiger partial charge in [0.2, 0.25) is 5.91 Å². The van der Waals surface area contributed by atoms with Crippen LogP contribution in [-0.2, 0) is 17.9 Å². The molecule has 0 unspecified atom stereocenters. The summed E-state index contributed by atoms with van der Waals surface area (Å²) in [4.78, 5) is 27.2. The molecule has 172 valence electrons. The molecule has 9 heteroatoms. The Labute approximate surface area is 197 Å². The molecule has 0 aliphatic carbocycles. The van der Waals surface area contributed by atoms with Crippen molar-refractivity contribution in [2.45, 2.75) is 31.1 Å². The van der Waals surface area contributed by atoms with Crippen molar-refractivity contribution in [3.05, 3.63) is 71.5 Å². The lowest BCUT2D eigenvalue weighted by atomic mass is 10.2. The van der Waals surface area contributed by atoms with Crippen molar-refractivity contribution in [2.75, 3.05) is 26.0 Å². The van der Waals surface area contributed by atoms with Crippen LogP contribution in [0, 0.1) is 0 Å². The number of amides is 2. The van der Waals surface area contributed by atoms with E-state index in [1.165, 1.54) is 24.6 Å². The predicted molar refractivity (Wildman–Crippen MR) is 126 cm³/mol. The van der Waals surface area contributed by atoms with Crippen LogP contribution < -0.4 is 10.1 Å². The highest BCUT2D eigenvalue weighted by Gasteiger charge is 2.20. The first-order chi connectivity index (χ1) is 16.1. The maximum Gasteiger partial charge on any atom is 0.257 e. The van der Waals surface area contributed by atoms with Gasteiger partial charge in [0.05, 0.1) is 26.0 Å². The second kappa shape index (κ2) is 11.1. The summed E-state index contributed by atoms with van der Waals surface area (Å²) in [6.45, 7) is 3.50. The molecule has 0 spiro atoms. The minimum absolute atomic E-state index is 0.0680. The summed E-state index contributed by atoms with van der Waals surface area (Å²) in [5.41, 5.74) is 1.54. The smallest absolute Gasteiger partial charge is 0.257 e. The lowest BCUT2D eigenvalue weighted by molar-refractivity contribution is -0.117. The summed E-state index contributed by atoms with van der Waals surface area (Å²) in [5.74, 6) is 0.784. The number of carbonyl (C=O) groups is 2. The molecular weight excluding hydrogens is 438 g/mol. The van der Waals surface area contributed by atoms with Crippen molar-refractivity contribution in [1.29, 1.82) is 0 Å². The Morgan fingerprint density at radius 3 is 2.42 bits per heavy atom. The van der Waals surface area contributed by atoms with Gasteiger partial charge in [-0.3, -0.25) is 19.8 Å². The zero-order valence-corrected chi connectivity index (χ0v) is 19.4. The Balaban J connectivity index is 1.41. The van der Waals surface area contributed by atoms with Crippen LogP contribution in [0.2, 0.25) is 0 Å². The van der Waals surface area contributed by atoms with Crippen LogP contribution in [0.4, 0.5) is 0 Å². The number of rotatable bonds is 9. The molecule has 4 rings (SSSR count). The van der Waals surface area contributed by atoms with Gasteiger partial charge < -0.3 is 9.30 Å². The maximum absolute atomic E-state index is 12.4. The minimum Gasteiger partial charge on any atom is -0.497 e. The van der Waals surface area contributed by atoms with E-state index in [-0.39, 0.29) is 11.7 Å². The highest BCUT2D eigenvalue weighted by atomic mass is 32.2. The van der Waals surface area contributed by atoms with Crippen LogP contribution in [0.15, 0.2) is 59.8 Å². The van der Waals surface area contributed by atoms with Crippen molar-refractivity contribution in [3.8, 4) is 5.75 Å². The van der Waals surface area contributed by atoms with E-state index in [0.29, 0.717) is 23.0 Å². The molecule has 3 aromatic rings. The van der Waals surface area contributed by atoms with Crippen molar-refractivity contribution in [3.63, 3.8) is 0 Å². The van der Waals surface area contributed by atoms with Gasteiger partial charge in [0.15, 0.2) is 5.16 Å². The molecule has 0 radical (unpaired) electrons. The SMILES string of the molecule is COc1ccc(C(=O)NC(=O)CSc2nnc(CN3CCCC3)n2Cc2ccccc2)cc1. The van der Waals surface area contributed by atoms with E-state index in [2.05, 4.69) is 37.1 Å². The van der Waals surface area contributed by atoms with Crippen molar-refractivity contribution < 1.29 is 14.3 Å². The van der Waals surface area contributed by atoms with Crippen LogP contribution >= 0.6 is 11.8 Å². The second-order valence-electron chi connectivity index (χ2n) is 7.85. The zero-order chi connectivity index (χ0) is 23.0. The lowest BCUT2D eigenvalue weighted by Gasteiger charge is -2.16. The number of likely N-dealkylation sites (tertiary alicyclic amines) is 1. The average molecular weight is 466 g/mol. The Morgan fingerprint density at radius 2 is 1.73 bits per heavy atom. The Morgan fingerprint density at radius 1 is 1.00 bits per heavy atom. The van der Waals surface area contributed by atoms with Gasteiger partial charge in [0.25, 0.3) is 5.91 Å². The van der Waals surface area contributed by atoms with Crippen LogP contribution in [0.5, 0.6) is 5.75 Å². The summed E-state index contributed by atoms with van der Waals surface area (Å²) in [5, 5.41) is 11.9. The minimum atomic E-state index is -0.441. The largest absolute Gasteiger partial charge is 0.497 e. The average Bonchev–Trinajstić information content (AvgIpc) is 3.49. The number of nitrogens with one attached hydrogen (secondary N) is 1. The number of hydrogen-bond acceptors (Lipinski definition) is 7. The number of carbonyl (C=O) groups excluding carboxylic acids is 2. The monoisotopic (exact) mass is 465 g/mol. The molecule has 2 heterocycles. The molecule has 1 aromatic heterocycles. The molecule has 1 fully saturated rings.